The number of nitrogens with zero attached hydrogens (tertiary/aromatic N) is 1. The lowest BCUT2D eigenvalue weighted by Gasteiger charge is -2.27. The summed E-state index contributed by atoms with van der Waals surface area (Å²) >= 11 is 0. The van der Waals surface area contributed by atoms with E-state index in [1.807, 2.05) is 36.4 Å². The Kier molecular flexibility index (Phi) is 16.2. The molecule has 1 saturated heterocycles. The van der Waals surface area contributed by atoms with Crippen LogP contribution in [0.5, 0.6) is 5.75 Å². The van der Waals surface area contributed by atoms with E-state index in [0.29, 0.717) is 71.3 Å². The molecule has 0 radical (unpaired) electrons. The van der Waals surface area contributed by atoms with Gasteiger partial charge in [-0.1, -0.05) is 73.9 Å². The van der Waals surface area contributed by atoms with Gasteiger partial charge >= 0.3 is 12.1 Å². The number of carbonyl (C=O) groups excluding carboxylic acids is 5. The first-order chi connectivity index (χ1) is 29.2. The first-order valence-electron chi connectivity index (χ1n) is 20.8. The second kappa shape index (κ2) is 22.1. The monoisotopic (exact) mass is 827 g/mol. The number of benzene rings is 3. The number of carbonyl (C=O) groups is 6. The van der Waals surface area contributed by atoms with Gasteiger partial charge < -0.3 is 34.1 Å². The van der Waals surface area contributed by atoms with Crippen molar-refractivity contribution in [3.8, 4) is 16.9 Å². The molecule has 6 rings (SSSR count). The summed E-state index contributed by atoms with van der Waals surface area (Å²) in [5, 5.41) is 14.4. The Balaban J connectivity index is 0.728. The summed E-state index contributed by atoms with van der Waals surface area (Å²) in [6.45, 7) is 3.42. The van der Waals surface area contributed by atoms with E-state index >= 15 is 0 Å². The van der Waals surface area contributed by atoms with Gasteiger partial charge in [0.25, 0.3) is 11.8 Å². The zero-order chi connectivity index (χ0) is 42.3. The van der Waals surface area contributed by atoms with Crippen LogP contribution in [0.25, 0.3) is 11.1 Å². The lowest BCUT2D eigenvalue weighted by molar-refractivity contribution is -0.139. The molecular formula is C45H53N3O12. The van der Waals surface area contributed by atoms with Crippen molar-refractivity contribution in [2.75, 3.05) is 52.9 Å². The predicted molar refractivity (Wildman–Crippen MR) is 218 cm³/mol. The van der Waals surface area contributed by atoms with Crippen LogP contribution < -0.4 is 15.4 Å². The molecule has 0 saturated carbocycles. The SMILES string of the molecule is O=C1CCC(N2C(=O)c3cccc(OCCCCCOCCOCCOCCCCCC[C@H](NC(=O)OCC4c5ccccc5-c5ccccc54)C(=O)O)c3C2=O)C(=O)N1. The van der Waals surface area contributed by atoms with Crippen LogP contribution >= 0.6 is 0 Å². The largest absolute Gasteiger partial charge is 0.493 e. The van der Waals surface area contributed by atoms with E-state index in [2.05, 4.69) is 22.8 Å². The summed E-state index contributed by atoms with van der Waals surface area (Å²) < 4.78 is 28.3. The average molecular weight is 828 g/mol. The third-order valence-corrected chi connectivity index (χ3v) is 10.8. The number of hydrogen-bond donors (Lipinski definition) is 3. The molecule has 3 aromatic carbocycles. The molecule has 5 amide bonds. The summed E-state index contributed by atoms with van der Waals surface area (Å²) in [5.74, 6) is -3.13. The van der Waals surface area contributed by atoms with Gasteiger partial charge in [0, 0.05) is 25.6 Å². The number of imide groups is 2. The number of aliphatic carboxylic acids is 1. The van der Waals surface area contributed by atoms with Gasteiger partial charge in [-0.05, 0) is 72.9 Å². The molecule has 60 heavy (non-hydrogen) atoms. The van der Waals surface area contributed by atoms with Crippen molar-refractivity contribution in [3.63, 3.8) is 0 Å². The van der Waals surface area contributed by atoms with E-state index in [1.54, 1.807) is 12.1 Å². The fourth-order valence-electron chi connectivity index (χ4n) is 7.76. The van der Waals surface area contributed by atoms with Gasteiger partial charge in [0.1, 0.15) is 24.4 Å². The minimum absolute atomic E-state index is 0.0568. The summed E-state index contributed by atoms with van der Waals surface area (Å²) in [5.41, 5.74) is 4.76. The van der Waals surface area contributed by atoms with Crippen LogP contribution in [0, 0.1) is 0 Å². The van der Waals surface area contributed by atoms with Crippen LogP contribution in [0.3, 0.4) is 0 Å². The second-order valence-corrected chi connectivity index (χ2v) is 14.9. The number of carboxylic acid groups (broad SMARTS) is 1. The maximum absolute atomic E-state index is 13.2. The molecule has 15 nitrogen and oxygen atoms in total. The number of amides is 5. The molecule has 2 atom stereocenters. The van der Waals surface area contributed by atoms with Gasteiger partial charge in [-0.15, -0.1) is 0 Å². The highest BCUT2D eigenvalue weighted by Crippen LogP contribution is 2.44. The van der Waals surface area contributed by atoms with Gasteiger partial charge in [0.15, 0.2) is 0 Å². The highest BCUT2D eigenvalue weighted by molar-refractivity contribution is 6.24. The molecule has 0 spiro atoms. The Morgan fingerprint density at radius 2 is 1.28 bits per heavy atom. The number of rotatable bonds is 25. The normalized spacial score (nSPS) is 16.3. The molecule has 0 bridgehead atoms. The van der Waals surface area contributed by atoms with Gasteiger partial charge in [-0.3, -0.25) is 29.4 Å². The van der Waals surface area contributed by atoms with Crippen LogP contribution in [-0.4, -0.2) is 111 Å². The second-order valence-electron chi connectivity index (χ2n) is 14.9. The molecule has 1 fully saturated rings. The standard InChI is InChI=1S/C45H53N3O12/c49-39-21-20-37(41(50)47-39)48-42(51)34-17-12-19-38(40(34)43(48)52)59-24-11-3-10-23-57-26-28-58-27-25-56-22-9-2-1-4-18-36(44(53)54)46-45(55)60-29-35-32-15-7-5-13-30(32)31-14-6-8-16-33(31)35/h5-8,12-17,19,35-37H,1-4,9-11,18,20-29H2,(H,46,55)(H,53,54)(H,47,49,50)/t36-,37?/m0/s1. The van der Waals surface area contributed by atoms with E-state index in [9.17, 15) is 33.9 Å². The van der Waals surface area contributed by atoms with E-state index in [0.717, 1.165) is 59.3 Å². The Hall–Kier alpha value is -5.64. The number of ether oxygens (including phenoxy) is 5. The van der Waals surface area contributed by atoms with Gasteiger partial charge in [0.2, 0.25) is 11.8 Å². The third-order valence-electron chi connectivity index (χ3n) is 10.8. The van der Waals surface area contributed by atoms with Crippen molar-refractivity contribution in [1.29, 1.82) is 0 Å². The van der Waals surface area contributed by atoms with Crippen LogP contribution in [-0.2, 0) is 33.3 Å². The average Bonchev–Trinajstić information content (AvgIpc) is 3.70. The molecule has 3 N–H and O–H groups in total. The fourth-order valence-corrected chi connectivity index (χ4v) is 7.76. The molecular weight excluding hydrogens is 775 g/mol. The zero-order valence-corrected chi connectivity index (χ0v) is 33.7. The van der Waals surface area contributed by atoms with Crippen molar-refractivity contribution >= 4 is 35.7 Å². The maximum atomic E-state index is 13.2. The molecule has 2 heterocycles. The number of alkyl carbamates (subject to hydrolysis) is 1. The quantitative estimate of drug-likeness (QED) is 0.0705. The molecule has 0 aromatic heterocycles. The minimum Gasteiger partial charge on any atom is -0.493 e. The number of fused-ring (bicyclic) bond motifs is 4. The van der Waals surface area contributed by atoms with Gasteiger partial charge in [0.05, 0.1) is 44.2 Å². The Morgan fingerprint density at radius 3 is 1.93 bits per heavy atom. The van der Waals surface area contributed by atoms with Crippen molar-refractivity contribution < 1.29 is 57.6 Å². The first-order valence-corrected chi connectivity index (χ1v) is 20.8. The Morgan fingerprint density at radius 1 is 0.700 bits per heavy atom. The maximum Gasteiger partial charge on any atom is 0.407 e. The third kappa shape index (κ3) is 11.3. The van der Waals surface area contributed by atoms with Crippen molar-refractivity contribution in [2.24, 2.45) is 0 Å². The highest BCUT2D eigenvalue weighted by atomic mass is 16.6. The van der Waals surface area contributed by atoms with E-state index < -0.39 is 47.8 Å². The Bertz CT molecular complexity index is 1960. The smallest absolute Gasteiger partial charge is 0.407 e. The lowest BCUT2D eigenvalue weighted by Crippen LogP contribution is -2.54. The molecule has 1 unspecified atom stereocenters. The van der Waals surface area contributed by atoms with E-state index in [-0.39, 0.29) is 36.5 Å². The molecule has 320 valence electrons. The first kappa shape index (κ1) is 43.9. The minimum atomic E-state index is -1.09. The molecule has 2 aliphatic heterocycles. The van der Waals surface area contributed by atoms with E-state index in [1.165, 1.54) is 6.07 Å². The van der Waals surface area contributed by atoms with Crippen LogP contribution in [0.4, 0.5) is 4.79 Å². The number of piperidine rings is 1. The topological polar surface area (TPSA) is 196 Å². The summed E-state index contributed by atoms with van der Waals surface area (Å²) in [7, 11) is 0. The predicted octanol–water partition coefficient (Wildman–Crippen LogP) is 5.63. The van der Waals surface area contributed by atoms with Gasteiger partial charge in [-0.2, -0.15) is 0 Å². The highest BCUT2D eigenvalue weighted by Gasteiger charge is 2.46. The number of nitrogens with one attached hydrogen (secondary N) is 2. The van der Waals surface area contributed by atoms with Crippen molar-refractivity contribution in [2.45, 2.75) is 82.2 Å². The van der Waals surface area contributed by atoms with Crippen molar-refractivity contribution in [1.82, 2.24) is 15.5 Å². The van der Waals surface area contributed by atoms with Crippen LogP contribution in [0.1, 0.15) is 102 Å². The summed E-state index contributed by atoms with van der Waals surface area (Å²) in [4.78, 5) is 75.4. The lowest BCUT2D eigenvalue weighted by atomic mass is 9.98. The Labute approximate surface area is 349 Å². The van der Waals surface area contributed by atoms with Crippen LogP contribution in [0.15, 0.2) is 66.7 Å². The van der Waals surface area contributed by atoms with Crippen molar-refractivity contribution in [3.05, 3.63) is 89.0 Å². The molecule has 1 aliphatic carbocycles. The molecule has 3 aromatic rings. The van der Waals surface area contributed by atoms with Crippen LogP contribution in [0.2, 0.25) is 0 Å². The molecule has 3 aliphatic rings. The van der Waals surface area contributed by atoms with Gasteiger partial charge in [-0.25, -0.2) is 9.59 Å². The van der Waals surface area contributed by atoms with E-state index in [4.69, 9.17) is 23.7 Å². The zero-order valence-electron chi connectivity index (χ0n) is 33.7. The fraction of sp³-hybridized carbons (Fsp3) is 0.467. The number of unbranched alkanes of at least 4 members (excludes halogenated alkanes) is 5. The number of hydrogen-bond acceptors (Lipinski definition) is 11. The number of carboxylic acids is 1. The summed E-state index contributed by atoms with van der Waals surface area (Å²) in [6, 6.07) is 18.8. The molecule has 15 heteroatoms. The summed E-state index contributed by atoms with van der Waals surface area (Å²) in [6.07, 6.45) is 5.24.